The molecule has 1 aromatic rings. The van der Waals surface area contributed by atoms with Crippen LogP contribution in [0.25, 0.3) is 0 Å². The first-order valence-corrected chi connectivity index (χ1v) is 17.0. The Labute approximate surface area is 281 Å². The number of carbonyl (C=O) groups is 6. The number of Topliss-reactive ketones (excluding diaryl/α,β-unsaturated/α-hetero) is 1. The Hall–Kier alpha value is -4.02. The van der Waals surface area contributed by atoms with Crippen LogP contribution in [0.3, 0.4) is 0 Å². The largest absolute Gasteiger partial charge is 0.508 e. The van der Waals surface area contributed by atoms with Gasteiger partial charge in [-0.1, -0.05) is 31.6 Å². The van der Waals surface area contributed by atoms with Crippen LogP contribution in [0.1, 0.15) is 90.5 Å². The number of ether oxygens (including phenoxy) is 3. The molecule has 0 spiro atoms. The van der Waals surface area contributed by atoms with E-state index in [0.29, 0.717) is 43.1 Å². The number of amides is 1. The maximum atomic E-state index is 14.0. The number of nitrogens with one attached hydrogen (secondary N) is 1. The van der Waals surface area contributed by atoms with Crippen LogP contribution in [0.4, 0.5) is 0 Å². The van der Waals surface area contributed by atoms with E-state index in [4.69, 9.17) is 14.2 Å². The SMILES string of the molecule is COC(=O)[C@H](Cc1ccc(O)cc1)NC(=O)CCC(=O)OCC(=O)[C@]1(OC(C)=O)CC[C@@H]2[C@@H]3CCC4=CC(=O)CC[C@]4(C)[C@@H]3CC[C@@]21C. The van der Waals surface area contributed by atoms with Crippen LogP contribution in [0, 0.1) is 28.6 Å². The molecule has 0 unspecified atom stereocenters. The van der Waals surface area contributed by atoms with Crippen molar-refractivity contribution in [2.45, 2.75) is 103 Å². The number of carbonyl (C=O) groups excluding carboxylic acids is 6. The molecule has 1 amide bonds. The van der Waals surface area contributed by atoms with Gasteiger partial charge in [0, 0.05) is 31.6 Å². The Morgan fingerprint density at radius 1 is 0.958 bits per heavy atom. The third kappa shape index (κ3) is 6.65. The molecule has 0 radical (unpaired) electrons. The lowest BCUT2D eigenvalue weighted by Gasteiger charge is -2.59. The second-order valence-electron chi connectivity index (χ2n) is 14.5. The van der Waals surface area contributed by atoms with Crippen molar-refractivity contribution in [3.63, 3.8) is 0 Å². The van der Waals surface area contributed by atoms with Gasteiger partial charge in [-0.15, -0.1) is 0 Å². The second kappa shape index (κ2) is 13.8. The zero-order chi connectivity index (χ0) is 34.9. The molecule has 11 nitrogen and oxygen atoms in total. The smallest absolute Gasteiger partial charge is 0.328 e. The summed E-state index contributed by atoms with van der Waals surface area (Å²) in [7, 11) is 1.20. The number of aromatic hydroxyl groups is 1. The summed E-state index contributed by atoms with van der Waals surface area (Å²) < 4.78 is 16.1. The quantitative estimate of drug-likeness (QED) is 0.257. The number of benzene rings is 1. The van der Waals surface area contributed by atoms with Gasteiger partial charge in [-0.2, -0.15) is 0 Å². The predicted octanol–water partition coefficient (Wildman–Crippen LogP) is 4.32. The molecule has 2 N–H and O–H groups in total. The number of hydrogen-bond donors (Lipinski definition) is 2. The Bertz CT molecular complexity index is 1500. The number of rotatable bonds is 11. The number of esters is 3. The summed E-state index contributed by atoms with van der Waals surface area (Å²) in [5.74, 6) is -1.90. The maximum absolute atomic E-state index is 14.0. The lowest BCUT2D eigenvalue weighted by atomic mass is 9.46. The van der Waals surface area contributed by atoms with Gasteiger partial charge < -0.3 is 24.6 Å². The molecule has 0 aliphatic heterocycles. The summed E-state index contributed by atoms with van der Waals surface area (Å²) in [4.78, 5) is 76.4. The fourth-order valence-electron chi connectivity index (χ4n) is 9.51. The number of fused-ring (bicyclic) bond motifs is 5. The summed E-state index contributed by atoms with van der Waals surface area (Å²) in [6, 6.07) is 5.17. The molecule has 7 atom stereocenters. The number of phenolic OH excluding ortho intramolecular Hbond substituents is 1. The van der Waals surface area contributed by atoms with Crippen LogP contribution < -0.4 is 5.32 Å². The van der Waals surface area contributed by atoms with Crippen LogP contribution in [0.5, 0.6) is 5.75 Å². The van der Waals surface area contributed by atoms with Gasteiger partial charge in [-0.05, 0) is 91.9 Å². The first kappa shape index (κ1) is 35.3. The first-order chi connectivity index (χ1) is 22.7. The van der Waals surface area contributed by atoms with E-state index in [9.17, 15) is 33.9 Å². The predicted molar refractivity (Wildman–Crippen MR) is 172 cm³/mol. The average molecular weight is 666 g/mol. The highest BCUT2D eigenvalue weighted by Crippen LogP contribution is 2.68. The van der Waals surface area contributed by atoms with E-state index in [2.05, 4.69) is 12.2 Å². The third-order valence-corrected chi connectivity index (χ3v) is 12.0. The number of hydrogen-bond acceptors (Lipinski definition) is 10. The molecule has 3 fully saturated rings. The van der Waals surface area contributed by atoms with Crippen molar-refractivity contribution in [3.8, 4) is 5.75 Å². The molecular formula is C37H47NO10. The van der Waals surface area contributed by atoms with E-state index in [1.165, 1.54) is 31.7 Å². The third-order valence-electron chi connectivity index (χ3n) is 12.0. The van der Waals surface area contributed by atoms with Gasteiger partial charge in [-0.3, -0.25) is 24.0 Å². The summed E-state index contributed by atoms with van der Waals surface area (Å²) in [6.45, 7) is 5.04. The minimum atomic E-state index is -1.42. The molecule has 0 bridgehead atoms. The Morgan fingerprint density at radius 3 is 2.35 bits per heavy atom. The van der Waals surface area contributed by atoms with Crippen molar-refractivity contribution < 1.29 is 48.1 Å². The molecule has 48 heavy (non-hydrogen) atoms. The summed E-state index contributed by atoms with van der Waals surface area (Å²) >= 11 is 0. The number of allylic oxidation sites excluding steroid dienone is 1. The van der Waals surface area contributed by atoms with Crippen molar-refractivity contribution in [2.75, 3.05) is 13.7 Å². The average Bonchev–Trinajstić information content (AvgIpc) is 3.35. The van der Waals surface area contributed by atoms with Crippen LogP contribution in [-0.4, -0.2) is 65.8 Å². The first-order valence-electron chi connectivity index (χ1n) is 17.0. The van der Waals surface area contributed by atoms with Gasteiger partial charge in [0.1, 0.15) is 11.8 Å². The van der Waals surface area contributed by atoms with Gasteiger partial charge >= 0.3 is 17.9 Å². The summed E-state index contributed by atoms with van der Waals surface area (Å²) in [6.07, 6.45) is 7.14. The molecule has 260 valence electrons. The highest BCUT2D eigenvalue weighted by molar-refractivity contribution is 5.94. The van der Waals surface area contributed by atoms with Gasteiger partial charge in [0.15, 0.2) is 18.0 Å². The minimum absolute atomic E-state index is 0.0426. The number of phenols is 1. The molecule has 0 saturated heterocycles. The molecule has 1 aromatic carbocycles. The fraction of sp³-hybridized carbons (Fsp3) is 0.622. The van der Waals surface area contributed by atoms with E-state index >= 15 is 0 Å². The van der Waals surface area contributed by atoms with Gasteiger partial charge in [0.25, 0.3) is 0 Å². The monoisotopic (exact) mass is 665 g/mol. The molecule has 3 saturated carbocycles. The van der Waals surface area contributed by atoms with Crippen LogP contribution >= 0.6 is 0 Å². The normalized spacial score (nSPS) is 31.2. The van der Waals surface area contributed by atoms with Crippen molar-refractivity contribution in [3.05, 3.63) is 41.5 Å². The van der Waals surface area contributed by atoms with E-state index in [0.717, 1.165) is 25.7 Å². The Kier molecular flexibility index (Phi) is 10.2. The lowest BCUT2D eigenvalue weighted by Crippen LogP contribution is -2.59. The molecule has 11 heteroatoms. The molecule has 4 aliphatic rings. The summed E-state index contributed by atoms with van der Waals surface area (Å²) in [5, 5.41) is 12.1. The van der Waals surface area contributed by atoms with E-state index in [1.807, 2.05) is 13.0 Å². The number of ketones is 2. The molecule has 5 rings (SSSR count). The minimum Gasteiger partial charge on any atom is -0.508 e. The summed E-state index contributed by atoms with van der Waals surface area (Å²) in [5.41, 5.74) is -0.162. The zero-order valence-corrected chi connectivity index (χ0v) is 28.3. The number of methoxy groups -OCH3 is 1. The van der Waals surface area contributed by atoms with Gasteiger partial charge in [-0.25, -0.2) is 4.79 Å². The van der Waals surface area contributed by atoms with E-state index in [-0.39, 0.29) is 42.1 Å². The van der Waals surface area contributed by atoms with Gasteiger partial charge in [0.05, 0.1) is 13.5 Å². The molecule has 0 heterocycles. The highest BCUT2D eigenvalue weighted by atomic mass is 16.6. The zero-order valence-electron chi connectivity index (χ0n) is 28.3. The molecular weight excluding hydrogens is 618 g/mol. The fourth-order valence-corrected chi connectivity index (χ4v) is 9.51. The van der Waals surface area contributed by atoms with Crippen LogP contribution in [0.15, 0.2) is 35.9 Å². The maximum Gasteiger partial charge on any atom is 0.328 e. The van der Waals surface area contributed by atoms with Gasteiger partial charge in [0.2, 0.25) is 11.7 Å². The van der Waals surface area contributed by atoms with Crippen molar-refractivity contribution in [1.82, 2.24) is 5.32 Å². The Balaban J connectivity index is 1.20. The topological polar surface area (TPSA) is 162 Å². The standard InChI is InChI=1S/C37H47NO10/c1-22(39)48-37(18-15-29-27-10-7-24-20-26(41)13-16-35(24,2)28(27)14-17-36(29,37)3)31(42)21-47-33(44)12-11-32(43)38-30(34(45)46-4)19-23-5-8-25(40)9-6-23/h5-6,8-9,20,27-30,40H,7,10-19,21H2,1-4H3,(H,38,43)/t27-,28-,29-,30+,35+,36+,37-/m1/s1. The lowest BCUT2D eigenvalue weighted by molar-refractivity contribution is -0.191. The highest BCUT2D eigenvalue weighted by Gasteiger charge is 2.68. The van der Waals surface area contributed by atoms with E-state index in [1.54, 1.807) is 12.1 Å². The second-order valence-corrected chi connectivity index (χ2v) is 14.5. The van der Waals surface area contributed by atoms with Crippen LogP contribution in [-0.2, 0) is 49.4 Å². The van der Waals surface area contributed by atoms with Crippen molar-refractivity contribution in [2.24, 2.45) is 28.6 Å². The van der Waals surface area contributed by atoms with Crippen molar-refractivity contribution in [1.29, 1.82) is 0 Å². The molecule has 4 aliphatic carbocycles. The van der Waals surface area contributed by atoms with Crippen molar-refractivity contribution >= 4 is 35.4 Å². The van der Waals surface area contributed by atoms with Crippen LogP contribution in [0.2, 0.25) is 0 Å². The van der Waals surface area contributed by atoms with E-state index < -0.39 is 53.3 Å². The molecule has 0 aromatic heterocycles. The Morgan fingerprint density at radius 2 is 1.67 bits per heavy atom.